The summed E-state index contributed by atoms with van der Waals surface area (Å²) in [6, 6.07) is 7.83. The van der Waals surface area contributed by atoms with Gasteiger partial charge >= 0.3 is 0 Å². The van der Waals surface area contributed by atoms with E-state index in [1.165, 1.54) is 36.7 Å². The van der Waals surface area contributed by atoms with E-state index in [9.17, 15) is 8.78 Å². The Labute approximate surface area is 198 Å². The van der Waals surface area contributed by atoms with E-state index in [1.807, 2.05) is 13.8 Å². The van der Waals surface area contributed by atoms with Gasteiger partial charge in [0.25, 0.3) is 5.54 Å². The number of pyridine rings is 2. The molecule has 0 bridgehead atoms. The number of halogens is 3. The molecule has 9 heteroatoms. The number of nitrogens with zero attached hydrogens (tertiary/aromatic N) is 4. The lowest BCUT2D eigenvalue weighted by Gasteiger charge is -2.44. The van der Waals surface area contributed by atoms with E-state index < -0.39 is 17.2 Å². The first-order chi connectivity index (χ1) is 15.6. The predicted molar refractivity (Wildman–Crippen MR) is 120 cm³/mol. The first-order valence-electron chi connectivity index (χ1n) is 10.3. The minimum absolute atomic E-state index is 0.0143. The van der Waals surface area contributed by atoms with Crippen LogP contribution in [0.25, 0.3) is 4.85 Å². The van der Waals surface area contributed by atoms with Crippen molar-refractivity contribution in [1.82, 2.24) is 9.97 Å². The molecule has 6 nitrogen and oxygen atoms in total. The average molecular weight is 477 g/mol. The Morgan fingerprint density at radius 3 is 2.00 bits per heavy atom. The fraction of sp³-hybridized carbons (Fsp3) is 0.500. The van der Waals surface area contributed by atoms with Gasteiger partial charge in [-0.1, -0.05) is 11.6 Å². The summed E-state index contributed by atoms with van der Waals surface area (Å²) in [6.45, 7) is 11.2. The topological polar surface area (TPSA) is 72.4 Å². The van der Waals surface area contributed by atoms with E-state index in [4.69, 9.17) is 32.9 Å². The second-order valence-electron chi connectivity index (χ2n) is 8.65. The van der Waals surface area contributed by atoms with Gasteiger partial charge in [-0.15, -0.1) is 0 Å². The van der Waals surface area contributed by atoms with Gasteiger partial charge in [-0.25, -0.2) is 25.3 Å². The molecule has 2 aromatic heterocycles. The number of aromatic nitrogens is 2. The number of hydrogen-bond donors (Lipinski definition) is 0. The van der Waals surface area contributed by atoms with Crippen LogP contribution in [0.15, 0.2) is 36.7 Å². The molecular formula is C24H27ClF2N4O2. The van der Waals surface area contributed by atoms with Crippen molar-refractivity contribution >= 4 is 11.6 Å². The number of hydrogen-bond acceptors (Lipinski definition) is 5. The van der Waals surface area contributed by atoms with Crippen molar-refractivity contribution in [3.05, 3.63) is 70.6 Å². The summed E-state index contributed by atoms with van der Waals surface area (Å²) in [6.07, 6.45) is 5.75. The predicted octanol–water partition coefficient (Wildman–Crippen LogP) is 5.73. The van der Waals surface area contributed by atoms with Crippen LogP contribution in [0.4, 0.5) is 8.78 Å². The zero-order valence-electron chi connectivity index (χ0n) is 19.1. The van der Waals surface area contributed by atoms with Crippen molar-refractivity contribution in [1.29, 1.82) is 5.26 Å². The van der Waals surface area contributed by atoms with Gasteiger partial charge in [0.05, 0.1) is 36.0 Å². The molecular weight excluding hydrogens is 450 g/mol. The summed E-state index contributed by atoms with van der Waals surface area (Å²) in [5.74, 6) is -0.638. The lowest BCUT2D eigenvalue weighted by molar-refractivity contribution is -0.0941. The molecule has 2 fully saturated rings. The molecule has 2 aliphatic rings. The van der Waals surface area contributed by atoms with Gasteiger partial charge in [0, 0.05) is 26.6 Å². The van der Waals surface area contributed by atoms with Crippen LogP contribution in [0, 0.1) is 35.5 Å². The van der Waals surface area contributed by atoms with Gasteiger partial charge in [0.2, 0.25) is 0 Å². The standard InChI is InChI=1S/C12H13FN2O.C7H11NO.C5H3ClFN/c1-11(16-3)7-12(8-11,14-2)10-9(13)5-4-6-15-10;1-7(9-2)3-6(4-7)5-8;6-5-4(7)2-1-3-8-5/h4-6H,7-8H2,1,3H3;6H,3-4H2,1-2H3;1-3H. The van der Waals surface area contributed by atoms with Crippen LogP contribution >= 0.6 is 11.6 Å². The van der Waals surface area contributed by atoms with Crippen molar-refractivity contribution in [2.75, 3.05) is 14.2 Å². The summed E-state index contributed by atoms with van der Waals surface area (Å²) in [5, 5.41) is 8.33. The first-order valence-corrected chi connectivity index (χ1v) is 10.7. The van der Waals surface area contributed by atoms with Crippen molar-refractivity contribution in [2.45, 2.75) is 56.3 Å². The highest BCUT2D eigenvalue weighted by molar-refractivity contribution is 6.29. The van der Waals surface area contributed by atoms with Crippen molar-refractivity contribution in [3.63, 3.8) is 0 Å². The smallest absolute Gasteiger partial charge is 0.282 e. The number of ether oxygens (including phenoxy) is 2. The SMILES string of the molecule is COC1(C)CC(C#N)C1.Fc1cccnc1Cl.[C-]#[N+]C1(c2ncccc2F)CC(C)(OC)C1. The zero-order valence-corrected chi connectivity index (χ0v) is 19.9. The van der Waals surface area contributed by atoms with E-state index >= 15 is 0 Å². The molecule has 2 saturated carbocycles. The van der Waals surface area contributed by atoms with Gasteiger partial charge in [-0.05, 0) is 51.0 Å². The molecule has 0 N–H and O–H groups in total. The van der Waals surface area contributed by atoms with Crippen molar-refractivity contribution in [2.24, 2.45) is 5.92 Å². The largest absolute Gasteiger partial charge is 0.378 e. The molecule has 0 unspecified atom stereocenters. The Kier molecular flexibility index (Phi) is 8.85. The molecule has 0 spiro atoms. The summed E-state index contributed by atoms with van der Waals surface area (Å²) >= 11 is 5.22. The van der Waals surface area contributed by atoms with E-state index in [0.717, 1.165) is 12.8 Å². The van der Waals surface area contributed by atoms with Crippen LogP contribution in [0.5, 0.6) is 0 Å². The van der Waals surface area contributed by atoms with Gasteiger partial charge in [0.15, 0.2) is 22.5 Å². The van der Waals surface area contributed by atoms with E-state index in [2.05, 4.69) is 20.9 Å². The fourth-order valence-electron chi connectivity index (χ4n) is 3.96. The molecule has 0 radical (unpaired) electrons. The third-order valence-electron chi connectivity index (χ3n) is 5.98. The second-order valence-corrected chi connectivity index (χ2v) is 9.01. The van der Waals surface area contributed by atoms with Crippen LogP contribution in [0.2, 0.25) is 5.15 Å². The normalized spacial score (nSPS) is 29.4. The minimum atomic E-state index is -0.837. The van der Waals surface area contributed by atoms with Crippen LogP contribution < -0.4 is 0 Å². The first kappa shape index (κ1) is 26.6. The minimum Gasteiger partial charge on any atom is -0.378 e. The highest BCUT2D eigenvalue weighted by Gasteiger charge is 2.61. The molecule has 2 aromatic rings. The van der Waals surface area contributed by atoms with Gasteiger partial charge in [0.1, 0.15) is 0 Å². The summed E-state index contributed by atoms with van der Waals surface area (Å²) in [5.41, 5.74) is -0.898. The van der Waals surface area contributed by atoms with Crippen LogP contribution in [0.1, 0.15) is 45.2 Å². The van der Waals surface area contributed by atoms with E-state index in [1.54, 1.807) is 14.2 Å². The number of nitriles is 1. The quantitative estimate of drug-likeness (QED) is 0.417. The molecule has 0 aliphatic heterocycles. The van der Waals surface area contributed by atoms with Gasteiger partial charge in [-0.2, -0.15) is 5.26 Å². The average Bonchev–Trinajstić information content (AvgIpc) is 2.78. The molecule has 0 amide bonds. The van der Waals surface area contributed by atoms with Crippen LogP contribution in [-0.4, -0.2) is 35.4 Å². The van der Waals surface area contributed by atoms with Gasteiger partial charge < -0.3 is 14.3 Å². The molecule has 176 valence electrons. The Morgan fingerprint density at radius 1 is 1.06 bits per heavy atom. The Balaban J connectivity index is 0.000000192. The molecule has 0 atom stereocenters. The third kappa shape index (κ3) is 6.45. The van der Waals surface area contributed by atoms with Gasteiger partial charge in [-0.3, -0.25) is 0 Å². The highest BCUT2D eigenvalue weighted by atomic mass is 35.5. The van der Waals surface area contributed by atoms with Crippen LogP contribution in [0.3, 0.4) is 0 Å². The Hall–Kier alpha value is -2.65. The molecule has 33 heavy (non-hydrogen) atoms. The second kappa shape index (κ2) is 11.0. The maximum atomic E-state index is 13.6. The summed E-state index contributed by atoms with van der Waals surface area (Å²) < 4.78 is 36.2. The number of methoxy groups -OCH3 is 2. The third-order valence-corrected chi connectivity index (χ3v) is 6.26. The Bertz CT molecular complexity index is 1000. The lowest BCUT2D eigenvalue weighted by Crippen LogP contribution is -2.52. The monoisotopic (exact) mass is 476 g/mol. The highest BCUT2D eigenvalue weighted by Crippen LogP contribution is 2.52. The number of rotatable bonds is 3. The van der Waals surface area contributed by atoms with E-state index in [-0.39, 0.29) is 28.0 Å². The van der Waals surface area contributed by atoms with Crippen molar-refractivity contribution < 1.29 is 18.3 Å². The summed E-state index contributed by atoms with van der Waals surface area (Å²) in [4.78, 5) is 11.0. The zero-order chi connectivity index (χ0) is 24.7. The van der Waals surface area contributed by atoms with Crippen molar-refractivity contribution in [3.8, 4) is 6.07 Å². The fourth-order valence-corrected chi connectivity index (χ4v) is 4.08. The molecule has 0 aromatic carbocycles. The molecule has 2 heterocycles. The maximum absolute atomic E-state index is 13.6. The molecule has 2 aliphatic carbocycles. The van der Waals surface area contributed by atoms with Crippen LogP contribution in [-0.2, 0) is 15.0 Å². The Morgan fingerprint density at radius 2 is 1.61 bits per heavy atom. The molecule has 4 rings (SSSR count). The maximum Gasteiger partial charge on any atom is 0.282 e. The lowest BCUT2D eigenvalue weighted by atomic mass is 9.64. The van der Waals surface area contributed by atoms with E-state index in [0.29, 0.717) is 12.8 Å². The summed E-state index contributed by atoms with van der Waals surface area (Å²) in [7, 11) is 3.32. The molecule has 0 saturated heterocycles.